The largest absolute Gasteiger partial charge is 0.326 e. The molecule has 0 bridgehead atoms. The van der Waals surface area contributed by atoms with Crippen LogP contribution in [-0.2, 0) is 11.3 Å². The number of benzene rings is 1. The number of para-hydroxylation sites is 1. The molecule has 2 unspecified atom stereocenters. The van der Waals surface area contributed by atoms with E-state index in [9.17, 15) is 4.79 Å². The second-order valence-corrected chi connectivity index (χ2v) is 5.86. The molecular weight excluding hydrogens is 250 g/mol. The fraction of sp³-hybridized carbons (Fsp3) is 0.562. The summed E-state index contributed by atoms with van der Waals surface area (Å²) in [7, 11) is 0. The topological polar surface area (TPSA) is 44.4 Å². The first-order chi connectivity index (χ1) is 9.74. The van der Waals surface area contributed by atoms with Gasteiger partial charge in [0.05, 0.1) is 0 Å². The average Bonchev–Trinajstić information content (AvgIpc) is 3.00. The Kier molecular flexibility index (Phi) is 4.03. The molecule has 1 aromatic carbocycles. The van der Waals surface area contributed by atoms with Gasteiger partial charge in [0, 0.05) is 37.8 Å². The van der Waals surface area contributed by atoms with E-state index in [1.165, 1.54) is 37.9 Å². The summed E-state index contributed by atoms with van der Waals surface area (Å²) in [4.78, 5) is 13.8. The number of carbonyl (C=O) groups is 1. The van der Waals surface area contributed by atoms with Crippen LogP contribution in [0.5, 0.6) is 0 Å². The maximum atomic E-state index is 11.2. The van der Waals surface area contributed by atoms with Gasteiger partial charge in [-0.05, 0) is 37.4 Å². The Hall–Kier alpha value is -1.39. The van der Waals surface area contributed by atoms with E-state index in [4.69, 9.17) is 0 Å². The van der Waals surface area contributed by atoms with E-state index in [0.717, 1.165) is 18.3 Å². The molecule has 1 aromatic rings. The highest BCUT2D eigenvalue weighted by Crippen LogP contribution is 2.28. The Morgan fingerprint density at radius 3 is 3.00 bits per heavy atom. The summed E-state index contributed by atoms with van der Waals surface area (Å²) in [6.45, 7) is 4.88. The molecule has 0 spiro atoms. The SMILES string of the molecule is CC(=O)Nc1ccccc1CNC1CCN2CCCC12. The summed E-state index contributed by atoms with van der Waals surface area (Å²) in [5.74, 6) is -0.0136. The van der Waals surface area contributed by atoms with Crippen LogP contribution in [0, 0.1) is 0 Å². The Balaban J connectivity index is 1.62. The standard InChI is InChI=1S/C16H23N3O/c1-12(20)18-14-6-3-2-5-13(14)11-17-15-8-10-19-9-4-7-16(15)19/h2-3,5-6,15-17H,4,7-11H2,1H3,(H,18,20). The van der Waals surface area contributed by atoms with Gasteiger partial charge in [-0.1, -0.05) is 18.2 Å². The van der Waals surface area contributed by atoms with Crippen LogP contribution in [0.1, 0.15) is 31.7 Å². The van der Waals surface area contributed by atoms with E-state index in [-0.39, 0.29) is 5.91 Å². The highest BCUT2D eigenvalue weighted by atomic mass is 16.1. The lowest BCUT2D eigenvalue weighted by molar-refractivity contribution is -0.114. The van der Waals surface area contributed by atoms with E-state index in [0.29, 0.717) is 6.04 Å². The summed E-state index contributed by atoms with van der Waals surface area (Å²) in [5.41, 5.74) is 2.09. The van der Waals surface area contributed by atoms with E-state index in [2.05, 4.69) is 21.6 Å². The molecule has 2 aliphatic heterocycles. The lowest BCUT2D eigenvalue weighted by Gasteiger charge is -2.22. The molecule has 0 radical (unpaired) electrons. The van der Waals surface area contributed by atoms with Crippen molar-refractivity contribution in [1.29, 1.82) is 0 Å². The first kappa shape index (κ1) is 13.6. The van der Waals surface area contributed by atoms with Crippen molar-refractivity contribution in [3.05, 3.63) is 29.8 Å². The van der Waals surface area contributed by atoms with Crippen LogP contribution in [0.2, 0.25) is 0 Å². The van der Waals surface area contributed by atoms with Gasteiger partial charge in [0.2, 0.25) is 5.91 Å². The van der Waals surface area contributed by atoms with Crippen molar-refractivity contribution < 1.29 is 4.79 Å². The highest BCUT2D eigenvalue weighted by Gasteiger charge is 2.36. The summed E-state index contributed by atoms with van der Waals surface area (Å²) in [6.07, 6.45) is 3.91. The van der Waals surface area contributed by atoms with Crippen LogP contribution in [0.3, 0.4) is 0 Å². The third-order valence-corrected chi connectivity index (χ3v) is 4.49. The predicted molar refractivity (Wildman–Crippen MR) is 80.6 cm³/mol. The van der Waals surface area contributed by atoms with Crippen molar-refractivity contribution in [1.82, 2.24) is 10.2 Å². The van der Waals surface area contributed by atoms with Gasteiger partial charge in [-0.2, -0.15) is 0 Å². The first-order valence-corrected chi connectivity index (χ1v) is 7.57. The monoisotopic (exact) mass is 273 g/mol. The molecule has 3 rings (SSSR count). The molecule has 0 saturated carbocycles. The minimum atomic E-state index is -0.0136. The van der Waals surface area contributed by atoms with Crippen molar-refractivity contribution in [2.75, 3.05) is 18.4 Å². The van der Waals surface area contributed by atoms with Crippen molar-refractivity contribution in [2.24, 2.45) is 0 Å². The van der Waals surface area contributed by atoms with Gasteiger partial charge in [0.25, 0.3) is 0 Å². The fourth-order valence-electron chi connectivity index (χ4n) is 3.55. The van der Waals surface area contributed by atoms with Gasteiger partial charge in [-0.3, -0.25) is 9.69 Å². The Bertz CT molecular complexity index is 488. The minimum absolute atomic E-state index is 0.0136. The van der Waals surface area contributed by atoms with E-state index < -0.39 is 0 Å². The summed E-state index contributed by atoms with van der Waals surface area (Å²) in [6, 6.07) is 9.36. The van der Waals surface area contributed by atoms with Gasteiger partial charge in [0.15, 0.2) is 0 Å². The summed E-state index contributed by atoms with van der Waals surface area (Å²) in [5, 5.41) is 6.60. The molecule has 2 N–H and O–H groups in total. The lowest BCUT2D eigenvalue weighted by Crippen LogP contribution is -2.38. The molecule has 108 valence electrons. The molecule has 2 aliphatic rings. The van der Waals surface area contributed by atoms with E-state index in [1.807, 2.05) is 18.2 Å². The van der Waals surface area contributed by atoms with Crippen LogP contribution < -0.4 is 10.6 Å². The number of amides is 1. The number of hydrogen-bond acceptors (Lipinski definition) is 3. The van der Waals surface area contributed by atoms with Crippen molar-refractivity contribution >= 4 is 11.6 Å². The average molecular weight is 273 g/mol. The van der Waals surface area contributed by atoms with Crippen LogP contribution in [0.15, 0.2) is 24.3 Å². The van der Waals surface area contributed by atoms with Crippen molar-refractivity contribution in [3.8, 4) is 0 Å². The molecule has 2 atom stereocenters. The van der Waals surface area contributed by atoms with Crippen LogP contribution >= 0.6 is 0 Å². The third-order valence-electron chi connectivity index (χ3n) is 4.49. The number of hydrogen-bond donors (Lipinski definition) is 2. The molecule has 2 saturated heterocycles. The number of carbonyl (C=O) groups excluding carboxylic acids is 1. The second-order valence-electron chi connectivity index (χ2n) is 5.86. The Labute approximate surface area is 120 Å². The van der Waals surface area contributed by atoms with Gasteiger partial charge < -0.3 is 10.6 Å². The number of anilines is 1. The zero-order valence-electron chi connectivity index (χ0n) is 12.1. The quantitative estimate of drug-likeness (QED) is 0.881. The summed E-state index contributed by atoms with van der Waals surface area (Å²) < 4.78 is 0. The number of nitrogens with one attached hydrogen (secondary N) is 2. The van der Waals surface area contributed by atoms with Crippen LogP contribution in [0.25, 0.3) is 0 Å². The first-order valence-electron chi connectivity index (χ1n) is 7.57. The lowest BCUT2D eigenvalue weighted by atomic mass is 10.1. The molecule has 20 heavy (non-hydrogen) atoms. The second kappa shape index (κ2) is 5.94. The van der Waals surface area contributed by atoms with E-state index >= 15 is 0 Å². The zero-order chi connectivity index (χ0) is 13.9. The molecule has 0 aromatic heterocycles. The number of fused-ring (bicyclic) bond motifs is 1. The number of rotatable bonds is 4. The van der Waals surface area contributed by atoms with Gasteiger partial charge in [0.1, 0.15) is 0 Å². The summed E-state index contributed by atoms with van der Waals surface area (Å²) >= 11 is 0. The van der Waals surface area contributed by atoms with E-state index in [1.54, 1.807) is 6.92 Å². The molecular formula is C16H23N3O. The Morgan fingerprint density at radius 1 is 1.30 bits per heavy atom. The molecule has 4 heteroatoms. The fourth-order valence-corrected chi connectivity index (χ4v) is 3.55. The minimum Gasteiger partial charge on any atom is -0.326 e. The van der Waals surface area contributed by atoms with Crippen molar-refractivity contribution in [2.45, 2.75) is 44.8 Å². The smallest absolute Gasteiger partial charge is 0.221 e. The van der Waals surface area contributed by atoms with Crippen LogP contribution in [0.4, 0.5) is 5.69 Å². The predicted octanol–water partition coefficient (Wildman–Crippen LogP) is 1.97. The van der Waals surface area contributed by atoms with Gasteiger partial charge in [-0.15, -0.1) is 0 Å². The van der Waals surface area contributed by atoms with Crippen molar-refractivity contribution in [3.63, 3.8) is 0 Å². The maximum absolute atomic E-state index is 11.2. The maximum Gasteiger partial charge on any atom is 0.221 e. The molecule has 4 nitrogen and oxygen atoms in total. The van der Waals surface area contributed by atoms with Gasteiger partial charge in [-0.25, -0.2) is 0 Å². The third kappa shape index (κ3) is 2.86. The van der Waals surface area contributed by atoms with Crippen LogP contribution in [-0.4, -0.2) is 36.0 Å². The molecule has 1 amide bonds. The molecule has 0 aliphatic carbocycles. The molecule has 2 fully saturated rings. The highest BCUT2D eigenvalue weighted by molar-refractivity contribution is 5.89. The Morgan fingerprint density at radius 2 is 2.15 bits per heavy atom. The normalized spacial score (nSPS) is 25.6. The molecule has 2 heterocycles. The zero-order valence-corrected chi connectivity index (χ0v) is 12.1. The number of nitrogens with zero attached hydrogens (tertiary/aromatic N) is 1. The van der Waals surface area contributed by atoms with Gasteiger partial charge >= 0.3 is 0 Å².